The van der Waals surface area contributed by atoms with Crippen molar-refractivity contribution in [1.29, 1.82) is 0 Å². The molecule has 0 amide bonds. The Morgan fingerprint density at radius 3 is 2.68 bits per heavy atom. The smallest absolute Gasteiger partial charge is 0.223 e. The zero-order chi connectivity index (χ0) is 15.7. The highest BCUT2D eigenvalue weighted by Crippen LogP contribution is 2.39. The van der Waals surface area contributed by atoms with Crippen LogP contribution in [0.2, 0.25) is 0 Å². The Labute approximate surface area is 140 Å². The molecule has 1 aromatic carbocycles. The van der Waals surface area contributed by atoms with Crippen LogP contribution in [-0.2, 0) is 0 Å². The molecule has 2 aliphatic rings. The fourth-order valence-electron chi connectivity index (χ4n) is 2.20. The molecule has 1 aromatic rings. The fraction of sp³-hybridized carbons (Fsp3) is 0.250. The Morgan fingerprint density at radius 1 is 1.18 bits per heavy atom. The normalized spacial score (nSPS) is 11.0. The number of fused-ring (bicyclic) bond motifs is 2. The summed E-state index contributed by atoms with van der Waals surface area (Å²) in [6, 6.07) is 7.35. The van der Waals surface area contributed by atoms with E-state index in [9.17, 15) is 4.79 Å². The molecule has 1 heterocycles. The quantitative estimate of drug-likeness (QED) is 0.633. The van der Waals surface area contributed by atoms with Gasteiger partial charge in [0.25, 0.3) is 0 Å². The number of hydrogen-bond donors (Lipinski definition) is 0. The SMILES string of the molecule is CCOc1ccc2nc3c(Br)c(OCC)c(=O)cc-3sc2c1. The molecule has 1 aliphatic heterocycles. The second-order valence-corrected chi connectivity index (χ2v) is 6.45. The van der Waals surface area contributed by atoms with Crippen molar-refractivity contribution in [2.75, 3.05) is 13.2 Å². The summed E-state index contributed by atoms with van der Waals surface area (Å²) < 4.78 is 12.5. The molecule has 0 aromatic heterocycles. The molecular weight excluding hydrogens is 366 g/mol. The third-order valence-corrected chi connectivity index (χ3v) is 4.92. The minimum atomic E-state index is -0.139. The first kappa shape index (κ1) is 15.2. The average molecular weight is 380 g/mol. The third kappa shape index (κ3) is 2.68. The lowest BCUT2D eigenvalue weighted by Gasteiger charge is -2.12. The maximum atomic E-state index is 12.1. The predicted octanol–water partition coefficient (Wildman–Crippen LogP) is 4.32. The summed E-state index contributed by atoms with van der Waals surface area (Å²) in [5, 5.41) is 0. The second-order valence-electron chi connectivity index (χ2n) is 4.57. The van der Waals surface area contributed by atoms with E-state index in [0.717, 1.165) is 26.5 Å². The van der Waals surface area contributed by atoms with Crippen molar-refractivity contribution in [2.24, 2.45) is 0 Å². The van der Waals surface area contributed by atoms with E-state index in [0.29, 0.717) is 23.4 Å². The molecule has 0 radical (unpaired) electrons. The minimum absolute atomic E-state index is 0.139. The Morgan fingerprint density at radius 2 is 1.95 bits per heavy atom. The van der Waals surface area contributed by atoms with Crippen molar-refractivity contribution < 1.29 is 9.47 Å². The summed E-state index contributed by atoms with van der Waals surface area (Å²) in [5.74, 6) is 1.12. The maximum Gasteiger partial charge on any atom is 0.223 e. The number of nitrogens with zero attached hydrogens (tertiary/aromatic N) is 1. The maximum absolute atomic E-state index is 12.1. The molecule has 0 saturated heterocycles. The predicted molar refractivity (Wildman–Crippen MR) is 92.6 cm³/mol. The molecule has 0 bridgehead atoms. The van der Waals surface area contributed by atoms with Gasteiger partial charge in [-0.3, -0.25) is 4.79 Å². The lowest BCUT2D eigenvalue weighted by molar-refractivity contribution is 0.335. The molecule has 3 rings (SSSR count). The number of halogens is 1. The van der Waals surface area contributed by atoms with Crippen molar-refractivity contribution in [2.45, 2.75) is 13.8 Å². The van der Waals surface area contributed by atoms with Crippen molar-refractivity contribution in [3.8, 4) is 22.1 Å². The van der Waals surface area contributed by atoms with Crippen LogP contribution in [-0.4, -0.2) is 18.2 Å². The largest absolute Gasteiger partial charge is 0.494 e. The molecule has 0 fully saturated rings. The van der Waals surface area contributed by atoms with Gasteiger partial charge in [-0.15, -0.1) is 11.3 Å². The number of rotatable bonds is 4. The van der Waals surface area contributed by atoms with Gasteiger partial charge in [-0.25, -0.2) is 4.98 Å². The van der Waals surface area contributed by atoms with E-state index in [-0.39, 0.29) is 5.43 Å². The van der Waals surface area contributed by atoms with E-state index in [1.807, 2.05) is 32.0 Å². The Hall–Kier alpha value is -1.66. The van der Waals surface area contributed by atoms with Crippen LogP contribution in [0.3, 0.4) is 0 Å². The summed E-state index contributed by atoms with van der Waals surface area (Å²) >= 11 is 4.97. The summed E-state index contributed by atoms with van der Waals surface area (Å²) in [4.78, 5) is 17.6. The van der Waals surface area contributed by atoms with E-state index in [1.165, 1.54) is 11.3 Å². The van der Waals surface area contributed by atoms with Gasteiger partial charge in [-0.2, -0.15) is 0 Å². The van der Waals surface area contributed by atoms with Crippen LogP contribution in [0.25, 0.3) is 20.8 Å². The number of hydrogen-bond acceptors (Lipinski definition) is 5. The van der Waals surface area contributed by atoms with Crippen molar-refractivity contribution >= 4 is 37.5 Å². The number of benzene rings is 2. The first-order chi connectivity index (χ1) is 10.6. The summed E-state index contributed by atoms with van der Waals surface area (Å²) in [6.07, 6.45) is 0. The fourth-order valence-corrected chi connectivity index (χ4v) is 3.99. The van der Waals surface area contributed by atoms with Crippen LogP contribution in [0.5, 0.6) is 11.5 Å². The van der Waals surface area contributed by atoms with Crippen LogP contribution in [0.15, 0.2) is 33.5 Å². The zero-order valence-electron chi connectivity index (χ0n) is 12.2. The monoisotopic (exact) mass is 379 g/mol. The van der Waals surface area contributed by atoms with E-state index in [4.69, 9.17) is 9.47 Å². The zero-order valence-corrected chi connectivity index (χ0v) is 14.6. The van der Waals surface area contributed by atoms with Gasteiger partial charge in [0.15, 0.2) is 5.75 Å². The summed E-state index contributed by atoms with van der Waals surface area (Å²) in [6.45, 7) is 4.85. The molecule has 0 spiro atoms. The third-order valence-electron chi connectivity index (χ3n) is 3.11. The Balaban J connectivity index is 2.25. The molecule has 0 N–H and O–H groups in total. The molecule has 4 nitrogen and oxygen atoms in total. The molecule has 1 aliphatic carbocycles. The van der Waals surface area contributed by atoms with Crippen LogP contribution in [0, 0.1) is 0 Å². The average Bonchev–Trinajstić information content (AvgIpc) is 2.50. The summed E-state index contributed by atoms with van der Waals surface area (Å²) in [5.41, 5.74) is 1.46. The highest BCUT2D eigenvalue weighted by molar-refractivity contribution is 9.10. The van der Waals surface area contributed by atoms with Gasteiger partial charge in [0.2, 0.25) is 5.43 Å². The van der Waals surface area contributed by atoms with Gasteiger partial charge in [-0.05, 0) is 48.0 Å². The van der Waals surface area contributed by atoms with Gasteiger partial charge in [0.1, 0.15) is 5.75 Å². The molecule has 0 unspecified atom stereocenters. The van der Waals surface area contributed by atoms with Gasteiger partial charge in [0.05, 0.1) is 38.5 Å². The Bertz CT molecular complexity index is 862. The summed E-state index contributed by atoms with van der Waals surface area (Å²) in [7, 11) is 0. The minimum Gasteiger partial charge on any atom is -0.494 e. The van der Waals surface area contributed by atoms with E-state index >= 15 is 0 Å². The lowest BCUT2D eigenvalue weighted by Crippen LogP contribution is -2.09. The first-order valence-corrected chi connectivity index (χ1v) is 8.57. The Kier molecular flexibility index (Phi) is 4.31. The molecule has 114 valence electrons. The molecule has 0 atom stereocenters. The van der Waals surface area contributed by atoms with Crippen LogP contribution in [0.4, 0.5) is 0 Å². The second kappa shape index (κ2) is 6.22. The molecule has 22 heavy (non-hydrogen) atoms. The van der Waals surface area contributed by atoms with Gasteiger partial charge in [0, 0.05) is 6.07 Å². The highest BCUT2D eigenvalue weighted by Gasteiger charge is 2.18. The first-order valence-electron chi connectivity index (χ1n) is 6.96. The van der Waals surface area contributed by atoms with Crippen LogP contribution in [0.1, 0.15) is 13.8 Å². The van der Waals surface area contributed by atoms with Gasteiger partial charge < -0.3 is 9.47 Å². The van der Waals surface area contributed by atoms with Gasteiger partial charge in [-0.1, -0.05) is 0 Å². The molecule has 6 heteroatoms. The number of ether oxygens (including phenoxy) is 2. The van der Waals surface area contributed by atoms with E-state index in [2.05, 4.69) is 20.9 Å². The van der Waals surface area contributed by atoms with Crippen molar-refractivity contribution in [3.63, 3.8) is 0 Å². The van der Waals surface area contributed by atoms with E-state index in [1.54, 1.807) is 6.07 Å². The lowest BCUT2D eigenvalue weighted by atomic mass is 10.2. The van der Waals surface area contributed by atoms with Crippen molar-refractivity contribution in [1.82, 2.24) is 4.98 Å². The van der Waals surface area contributed by atoms with E-state index < -0.39 is 0 Å². The standard InChI is InChI=1S/C16H14BrNO3S/c1-3-20-9-5-6-10-12(7-9)22-13-8-11(19)16(21-4-2)14(17)15(13)18-10/h5-8H,3-4H2,1-2H3. The topological polar surface area (TPSA) is 48.4 Å². The molecule has 0 saturated carbocycles. The number of aromatic nitrogens is 1. The van der Waals surface area contributed by atoms with Crippen LogP contribution >= 0.6 is 27.3 Å². The van der Waals surface area contributed by atoms with Crippen LogP contribution < -0.4 is 14.9 Å². The van der Waals surface area contributed by atoms with Crippen molar-refractivity contribution in [3.05, 3.63) is 39.0 Å². The van der Waals surface area contributed by atoms with Gasteiger partial charge >= 0.3 is 0 Å². The highest BCUT2D eigenvalue weighted by atomic mass is 79.9. The molecular formula is C16H14BrNO3S.